The summed E-state index contributed by atoms with van der Waals surface area (Å²) in [5.74, 6) is -0.361. The van der Waals surface area contributed by atoms with Crippen molar-refractivity contribution in [1.82, 2.24) is 0 Å². The average molecular weight is 329 g/mol. The van der Waals surface area contributed by atoms with E-state index in [0.717, 1.165) is 10.5 Å². The molecule has 0 aliphatic carbocycles. The van der Waals surface area contributed by atoms with Gasteiger partial charge in [-0.1, -0.05) is 11.6 Å². The van der Waals surface area contributed by atoms with Crippen LogP contribution in [0.25, 0.3) is 0 Å². The third kappa shape index (κ3) is 4.74. The van der Waals surface area contributed by atoms with E-state index in [1.807, 2.05) is 24.3 Å². The summed E-state index contributed by atoms with van der Waals surface area (Å²) >= 11 is 7.53. The van der Waals surface area contributed by atoms with Crippen LogP contribution < -0.4 is 0 Å². The van der Waals surface area contributed by atoms with Crippen LogP contribution in [0.4, 0.5) is 0 Å². The monoisotopic (exact) mass is 328 g/mol. The number of carbonyl (C=O) groups excluding carboxylic acids is 1. The third-order valence-corrected chi connectivity index (χ3v) is 4.54. The fraction of sp³-hybridized carbons (Fsp3) is 0.400. The Morgan fingerprint density at radius 2 is 2.10 bits per heavy atom. The van der Waals surface area contributed by atoms with Crippen LogP contribution in [0.3, 0.4) is 0 Å². The van der Waals surface area contributed by atoms with Gasteiger partial charge in [0.25, 0.3) is 0 Å². The van der Waals surface area contributed by atoms with Crippen molar-refractivity contribution >= 4 is 29.3 Å². The number of thioether (sulfide) groups is 1. The molecule has 0 amide bonds. The van der Waals surface area contributed by atoms with E-state index >= 15 is 0 Å². The van der Waals surface area contributed by atoms with E-state index in [1.165, 1.54) is 13.2 Å². The van der Waals surface area contributed by atoms with Crippen LogP contribution in [0.5, 0.6) is 0 Å². The van der Waals surface area contributed by atoms with Crippen molar-refractivity contribution in [2.24, 2.45) is 0 Å². The van der Waals surface area contributed by atoms with Gasteiger partial charge < -0.3 is 14.2 Å². The molecule has 1 aromatic rings. The van der Waals surface area contributed by atoms with Crippen LogP contribution in [0.1, 0.15) is 6.42 Å². The lowest BCUT2D eigenvalue weighted by Crippen LogP contribution is -2.34. The van der Waals surface area contributed by atoms with Crippen molar-refractivity contribution in [3.8, 4) is 0 Å². The summed E-state index contributed by atoms with van der Waals surface area (Å²) < 4.78 is 15.7. The van der Waals surface area contributed by atoms with E-state index in [4.69, 9.17) is 21.1 Å². The molecule has 0 unspecified atom stereocenters. The van der Waals surface area contributed by atoms with E-state index in [1.54, 1.807) is 18.9 Å². The van der Waals surface area contributed by atoms with Gasteiger partial charge in [0.1, 0.15) is 0 Å². The Hall–Kier alpha value is -1.01. The van der Waals surface area contributed by atoms with Gasteiger partial charge >= 0.3 is 5.97 Å². The number of ether oxygens (including phenoxy) is 3. The van der Waals surface area contributed by atoms with Crippen molar-refractivity contribution in [3.05, 3.63) is 40.9 Å². The van der Waals surface area contributed by atoms with E-state index < -0.39 is 0 Å². The van der Waals surface area contributed by atoms with Crippen LogP contribution in [-0.2, 0) is 19.0 Å². The first-order valence-corrected chi connectivity index (χ1v) is 7.72. The number of esters is 1. The summed E-state index contributed by atoms with van der Waals surface area (Å²) in [6, 6.07) is 7.61. The molecular weight excluding hydrogens is 312 g/mol. The molecule has 1 aliphatic rings. The molecule has 0 bridgehead atoms. The zero-order chi connectivity index (χ0) is 15.2. The Morgan fingerprint density at radius 1 is 1.38 bits per heavy atom. The van der Waals surface area contributed by atoms with Crippen molar-refractivity contribution in [3.63, 3.8) is 0 Å². The summed E-state index contributed by atoms with van der Waals surface area (Å²) in [6.07, 6.45) is 1.89. The van der Waals surface area contributed by atoms with E-state index in [-0.39, 0.29) is 17.5 Å². The van der Waals surface area contributed by atoms with Gasteiger partial charge in [0.15, 0.2) is 6.29 Å². The largest absolute Gasteiger partial charge is 0.466 e. The number of halogens is 1. The molecule has 21 heavy (non-hydrogen) atoms. The van der Waals surface area contributed by atoms with Gasteiger partial charge in [0.2, 0.25) is 0 Å². The van der Waals surface area contributed by atoms with Crippen LogP contribution in [0.2, 0.25) is 5.02 Å². The molecule has 0 radical (unpaired) electrons. The SMILES string of the molecule is COC(=O)/C=C1\CO[C@H](OC)[C@@H](Sc2ccc(Cl)cc2)C1. The molecule has 0 N–H and O–H groups in total. The predicted molar refractivity (Wildman–Crippen MR) is 82.6 cm³/mol. The summed E-state index contributed by atoms with van der Waals surface area (Å²) in [4.78, 5) is 12.4. The van der Waals surface area contributed by atoms with Crippen LogP contribution in [0, 0.1) is 0 Å². The first kappa shape index (κ1) is 16.4. The number of hydrogen-bond acceptors (Lipinski definition) is 5. The van der Waals surface area contributed by atoms with Crippen LogP contribution in [0.15, 0.2) is 40.8 Å². The fourth-order valence-corrected chi connectivity index (χ4v) is 3.41. The Labute approximate surface area is 133 Å². The van der Waals surface area contributed by atoms with Gasteiger partial charge in [-0.2, -0.15) is 0 Å². The van der Waals surface area contributed by atoms with Gasteiger partial charge in [-0.15, -0.1) is 11.8 Å². The molecule has 0 spiro atoms. The smallest absolute Gasteiger partial charge is 0.330 e. The molecular formula is C15H17ClO4S. The molecule has 4 nitrogen and oxygen atoms in total. The van der Waals surface area contributed by atoms with Crippen LogP contribution in [-0.4, -0.2) is 38.3 Å². The van der Waals surface area contributed by atoms with Crippen molar-refractivity contribution in [2.45, 2.75) is 22.9 Å². The maximum absolute atomic E-state index is 11.3. The maximum Gasteiger partial charge on any atom is 0.330 e. The highest BCUT2D eigenvalue weighted by Crippen LogP contribution is 2.34. The number of carbonyl (C=O) groups is 1. The minimum Gasteiger partial charge on any atom is -0.466 e. The zero-order valence-corrected chi connectivity index (χ0v) is 13.4. The van der Waals surface area contributed by atoms with Crippen molar-refractivity contribution in [2.75, 3.05) is 20.8 Å². The molecule has 1 saturated heterocycles. The molecule has 6 heteroatoms. The van der Waals surface area contributed by atoms with E-state index in [9.17, 15) is 4.79 Å². The van der Waals surface area contributed by atoms with Gasteiger partial charge in [-0.25, -0.2) is 4.79 Å². The number of benzene rings is 1. The molecule has 1 fully saturated rings. The Bertz CT molecular complexity index is 515. The Morgan fingerprint density at radius 3 is 2.71 bits per heavy atom. The minimum atomic E-state index is -0.361. The summed E-state index contributed by atoms with van der Waals surface area (Å²) in [5, 5.41) is 0.773. The van der Waals surface area contributed by atoms with Crippen molar-refractivity contribution < 1.29 is 19.0 Å². The lowest BCUT2D eigenvalue weighted by molar-refractivity contribution is -0.136. The molecule has 1 aliphatic heterocycles. The van der Waals surface area contributed by atoms with E-state index in [2.05, 4.69) is 4.74 Å². The zero-order valence-electron chi connectivity index (χ0n) is 11.9. The lowest BCUT2D eigenvalue weighted by Gasteiger charge is -2.31. The highest BCUT2D eigenvalue weighted by atomic mass is 35.5. The lowest BCUT2D eigenvalue weighted by atomic mass is 10.1. The van der Waals surface area contributed by atoms with Gasteiger partial charge in [0, 0.05) is 23.1 Å². The van der Waals surface area contributed by atoms with Crippen molar-refractivity contribution in [1.29, 1.82) is 0 Å². The average Bonchev–Trinajstić information content (AvgIpc) is 2.50. The summed E-state index contributed by atoms with van der Waals surface area (Å²) in [5.41, 5.74) is 0.904. The first-order valence-electron chi connectivity index (χ1n) is 6.46. The topological polar surface area (TPSA) is 44.8 Å². The molecule has 114 valence electrons. The quantitative estimate of drug-likeness (QED) is 0.627. The molecule has 2 rings (SSSR count). The van der Waals surface area contributed by atoms with E-state index in [0.29, 0.717) is 18.1 Å². The minimum absolute atomic E-state index is 0.0702. The third-order valence-electron chi connectivity index (χ3n) is 3.06. The van der Waals surface area contributed by atoms with Crippen LogP contribution >= 0.6 is 23.4 Å². The summed E-state index contributed by atoms with van der Waals surface area (Å²) in [6.45, 7) is 0.380. The molecule has 0 aromatic heterocycles. The number of hydrogen-bond donors (Lipinski definition) is 0. The molecule has 1 aromatic carbocycles. The fourth-order valence-electron chi connectivity index (χ4n) is 2.04. The van der Waals surface area contributed by atoms with Gasteiger partial charge in [-0.3, -0.25) is 0 Å². The maximum atomic E-state index is 11.3. The second kappa shape index (κ2) is 7.84. The van der Waals surface area contributed by atoms with Gasteiger partial charge in [-0.05, 0) is 36.3 Å². The second-order valence-electron chi connectivity index (χ2n) is 4.56. The normalized spacial score (nSPS) is 24.0. The number of rotatable bonds is 4. The summed E-state index contributed by atoms with van der Waals surface area (Å²) in [7, 11) is 2.98. The first-order chi connectivity index (χ1) is 10.1. The number of methoxy groups -OCH3 is 2. The highest BCUT2D eigenvalue weighted by molar-refractivity contribution is 8.00. The Kier molecular flexibility index (Phi) is 6.11. The highest BCUT2D eigenvalue weighted by Gasteiger charge is 2.29. The standard InChI is InChI=1S/C15H17ClO4S/c1-18-14(17)8-10-7-13(15(19-2)20-9-10)21-12-5-3-11(16)4-6-12/h3-6,8,13,15H,7,9H2,1-2H3/b10-8-/t13-,15-/m0/s1. The molecule has 0 saturated carbocycles. The molecule has 2 atom stereocenters. The Balaban J connectivity index is 2.08. The van der Waals surface area contributed by atoms with Gasteiger partial charge in [0.05, 0.1) is 19.0 Å². The predicted octanol–water partition coefficient (Wildman–Crippen LogP) is 3.29. The second-order valence-corrected chi connectivity index (χ2v) is 6.30. The molecule has 1 heterocycles.